The number of carbonyl (C=O) groups is 1. The summed E-state index contributed by atoms with van der Waals surface area (Å²) in [7, 11) is 0. The quantitative estimate of drug-likeness (QED) is 0.373. The van der Waals surface area contributed by atoms with Gasteiger partial charge in [-0.2, -0.15) is 0 Å². The summed E-state index contributed by atoms with van der Waals surface area (Å²) in [6.07, 6.45) is 7.29. The van der Waals surface area contributed by atoms with Crippen LogP contribution in [0.2, 0.25) is 0 Å². The van der Waals surface area contributed by atoms with Gasteiger partial charge in [0.05, 0.1) is 0 Å². The Hall–Kier alpha value is -0.530. The largest absolute Gasteiger partial charge is 0.357 e. The molecule has 0 saturated carbocycles. The van der Waals surface area contributed by atoms with Crippen molar-refractivity contribution < 1.29 is 4.79 Å². The Morgan fingerprint density at radius 1 is 1.08 bits per heavy atom. The van der Waals surface area contributed by atoms with E-state index < -0.39 is 0 Å². The van der Waals surface area contributed by atoms with E-state index in [9.17, 15) is 4.79 Å². The third kappa shape index (κ3) is 6.61. The maximum Gasteiger partial charge on any atom is 0.244 e. The Labute approximate surface area is 171 Å². The van der Waals surface area contributed by atoms with E-state index in [0.717, 1.165) is 63.4 Å². The number of rotatable bonds is 6. The molecule has 0 aromatic rings. The Balaban J connectivity index is 0.00000312. The molecule has 2 saturated heterocycles. The molecule has 0 spiro atoms. The number of piperidine rings is 1. The molecule has 2 rings (SSSR count). The zero-order valence-electron chi connectivity index (χ0n) is 16.3. The fourth-order valence-electron chi connectivity index (χ4n) is 4.13. The highest BCUT2D eigenvalue weighted by Gasteiger charge is 2.29. The molecule has 1 unspecified atom stereocenters. The lowest BCUT2D eigenvalue weighted by Gasteiger charge is -2.27. The molecule has 1 N–H and O–H groups in total. The summed E-state index contributed by atoms with van der Waals surface area (Å²) >= 11 is 0. The molecule has 1 atom stereocenters. The Morgan fingerprint density at radius 2 is 1.76 bits per heavy atom. The van der Waals surface area contributed by atoms with E-state index in [-0.39, 0.29) is 36.4 Å². The molecule has 0 aromatic heterocycles. The number of carbonyl (C=O) groups excluding carboxylic acids is 1. The van der Waals surface area contributed by atoms with E-state index in [1.54, 1.807) is 0 Å². The first-order valence-electron chi connectivity index (χ1n) is 10.0. The number of likely N-dealkylation sites (tertiary alicyclic amines) is 2. The lowest BCUT2D eigenvalue weighted by Crippen LogP contribution is -2.42. The molecule has 5 nitrogen and oxygen atoms in total. The lowest BCUT2D eigenvalue weighted by atomic mass is 9.87. The van der Waals surface area contributed by atoms with Gasteiger partial charge >= 0.3 is 0 Å². The van der Waals surface area contributed by atoms with Gasteiger partial charge in [0.1, 0.15) is 6.54 Å². The minimum atomic E-state index is 0. The van der Waals surface area contributed by atoms with Crippen LogP contribution in [-0.2, 0) is 4.79 Å². The number of aliphatic imine (C=N–C) groups is 1. The molecule has 1 amide bonds. The number of halogens is 1. The van der Waals surface area contributed by atoms with Crippen molar-refractivity contribution in [2.45, 2.75) is 59.3 Å². The van der Waals surface area contributed by atoms with Crippen LogP contribution in [0.15, 0.2) is 4.99 Å². The molecule has 146 valence electrons. The Morgan fingerprint density at radius 3 is 2.36 bits per heavy atom. The average molecular weight is 464 g/mol. The van der Waals surface area contributed by atoms with Crippen LogP contribution in [0.1, 0.15) is 59.3 Å². The molecule has 25 heavy (non-hydrogen) atoms. The van der Waals surface area contributed by atoms with Crippen molar-refractivity contribution in [2.24, 2.45) is 16.8 Å². The van der Waals surface area contributed by atoms with Crippen molar-refractivity contribution in [1.29, 1.82) is 0 Å². The van der Waals surface area contributed by atoms with Gasteiger partial charge in [0, 0.05) is 32.7 Å². The second-order valence-electron chi connectivity index (χ2n) is 7.18. The molecule has 0 radical (unpaired) electrons. The smallest absolute Gasteiger partial charge is 0.244 e. The van der Waals surface area contributed by atoms with Gasteiger partial charge in [-0.25, -0.2) is 4.99 Å². The zero-order valence-corrected chi connectivity index (χ0v) is 18.6. The topological polar surface area (TPSA) is 47.9 Å². The first-order valence-corrected chi connectivity index (χ1v) is 10.0. The summed E-state index contributed by atoms with van der Waals surface area (Å²) in [6.45, 7) is 11.8. The normalized spacial score (nSPS) is 21.4. The maximum atomic E-state index is 12.4. The molecule has 2 fully saturated rings. The maximum absolute atomic E-state index is 12.4. The summed E-state index contributed by atoms with van der Waals surface area (Å²) in [6, 6.07) is 0. The van der Waals surface area contributed by atoms with Crippen LogP contribution in [0.4, 0.5) is 0 Å². The van der Waals surface area contributed by atoms with E-state index in [4.69, 9.17) is 0 Å². The summed E-state index contributed by atoms with van der Waals surface area (Å²) in [5, 5.41) is 3.38. The van der Waals surface area contributed by atoms with Crippen molar-refractivity contribution in [3.8, 4) is 0 Å². The van der Waals surface area contributed by atoms with Crippen molar-refractivity contribution in [3.63, 3.8) is 0 Å². The molecule has 2 heterocycles. The van der Waals surface area contributed by atoms with Gasteiger partial charge in [-0.3, -0.25) is 4.79 Å². The third-order valence-electron chi connectivity index (χ3n) is 5.65. The molecule has 0 aliphatic carbocycles. The van der Waals surface area contributed by atoms with Gasteiger partial charge in [0.2, 0.25) is 5.91 Å². The summed E-state index contributed by atoms with van der Waals surface area (Å²) < 4.78 is 0. The predicted molar refractivity (Wildman–Crippen MR) is 116 cm³/mol. The van der Waals surface area contributed by atoms with Crippen molar-refractivity contribution in [3.05, 3.63) is 0 Å². The number of amides is 1. The number of hydrogen-bond donors (Lipinski definition) is 1. The van der Waals surface area contributed by atoms with Crippen LogP contribution in [-0.4, -0.2) is 60.9 Å². The Kier molecular flexibility index (Phi) is 10.8. The van der Waals surface area contributed by atoms with Crippen LogP contribution >= 0.6 is 24.0 Å². The predicted octanol–water partition coefficient (Wildman–Crippen LogP) is 3.34. The second kappa shape index (κ2) is 12.0. The first-order chi connectivity index (χ1) is 11.7. The molecule has 0 bridgehead atoms. The standard InChI is InChI=1S/C19H36N4O.HI/c1-4-16(5-2)17-10-13-23(15-17)19(20-6-3)21-14-18(24)22-11-8-7-9-12-22;/h16-17H,4-15H2,1-3H3,(H,20,21);1H. The highest BCUT2D eigenvalue weighted by Crippen LogP contribution is 2.28. The summed E-state index contributed by atoms with van der Waals surface area (Å²) in [5.41, 5.74) is 0. The van der Waals surface area contributed by atoms with Gasteiger partial charge in [-0.15, -0.1) is 24.0 Å². The molecule has 2 aliphatic heterocycles. The van der Waals surface area contributed by atoms with E-state index in [0.29, 0.717) is 0 Å². The third-order valence-corrected chi connectivity index (χ3v) is 5.65. The molecule has 6 heteroatoms. The van der Waals surface area contributed by atoms with E-state index in [2.05, 4.69) is 36.0 Å². The Bertz CT molecular complexity index is 420. The van der Waals surface area contributed by atoms with E-state index >= 15 is 0 Å². The molecular weight excluding hydrogens is 427 g/mol. The number of guanidine groups is 1. The molecule has 0 aromatic carbocycles. The summed E-state index contributed by atoms with van der Waals surface area (Å²) in [5.74, 6) is 2.69. The SMILES string of the molecule is CCNC(=NCC(=O)N1CCCCC1)N1CCC(C(CC)CC)C1.I. The first kappa shape index (κ1) is 22.5. The monoisotopic (exact) mass is 464 g/mol. The van der Waals surface area contributed by atoms with Crippen LogP contribution < -0.4 is 5.32 Å². The minimum absolute atomic E-state index is 0. The van der Waals surface area contributed by atoms with Crippen molar-refractivity contribution in [1.82, 2.24) is 15.1 Å². The van der Waals surface area contributed by atoms with E-state index in [1.807, 2.05) is 4.90 Å². The number of hydrogen-bond acceptors (Lipinski definition) is 2. The highest BCUT2D eigenvalue weighted by molar-refractivity contribution is 14.0. The van der Waals surface area contributed by atoms with Gasteiger partial charge < -0.3 is 15.1 Å². The van der Waals surface area contributed by atoms with Crippen LogP contribution in [0.5, 0.6) is 0 Å². The van der Waals surface area contributed by atoms with E-state index in [1.165, 1.54) is 25.7 Å². The van der Waals surface area contributed by atoms with Gasteiger partial charge in [-0.1, -0.05) is 26.7 Å². The number of nitrogens with zero attached hydrogens (tertiary/aromatic N) is 3. The lowest BCUT2D eigenvalue weighted by molar-refractivity contribution is -0.130. The summed E-state index contributed by atoms with van der Waals surface area (Å²) in [4.78, 5) is 21.4. The molecular formula is C19H37IN4O. The average Bonchev–Trinajstić information content (AvgIpc) is 3.10. The van der Waals surface area contributed by atoms with Crippen molar-refractivity contribution in [2.75, 3.05) is 39.3 Å². The van der Waals surface area contributed by atoms with Gasteiger partial charge in [0.15, 0.2) is 5.96 Å². The van der Waals surface area contributed by atoms with Crippen LogP contribution in [0, 0.1) is 11.8 Å². The van der Waals surface area contributed by atoms with Crippen LogP contribution in [0.3, 0.4) is 0 Å². The zero-order chi connectivity index (χ0) is 17.4. The van der Waals surface area contributed by atoms with Gasteiger partial charge in [0.25, 0.3) is 0 Å². The number of nitrogens with one attached hydrogen (secondary N) is 1. The highest BCUT2D eigenvalue weighted by atomic mass is 127. The second-order valence-corrected chi connectivity index (χ2v) is 7.18. The van der Waals surface area contributed by atoms with Gasteiger partial charge in [-0.05, 0) is 44.4 Å². The fourth-order valence-corrected chi connectivity index (χ4v) is 4.13. The van der Waals surface area contributed by atoms with Crippen LogP contribution in [0.25, 0.3) is 0 Å². The fraction of sp³-hybridized carbons (Fsp3) is 0.895. The minimum Gasteiger partial charge on any atom is -0.357 e. The van der Waals surface area contributed by atoms with Crippen molar-refractivity contribution >= 4 is 35.8 Å². The molecule has 2 aliphatic rings.